The molecule has 5 rings (SSSR count). The summed E-state index contributed by atoms with van der Waals surface area (Å²) in [4.78, 5) is 21.2. The SMILES string of the molecule is CC(=O)N(c1cccc(C)c1)c1nc(CSc2nnc(-c3cc4c(s3)CCC(C)C4)o2)cs1. The number of thiophene rings is 1. The average Bonchev–Trinajstić information content (AvgIpc) is 3.51. The van der Waals surface area contributed by atoms with Crippen LogP contribution in [0.2, 0.25) is 0 Å². The molecular weight excluding hydrogens is 472 g/mol. The van der Waals surface area contributed by atoms with Crippen LogP contribution in [-0.4, -0.2) is 21.1 Å². The van der Waals surface area contributed by atoms with E-state index in [0.717, 1.165) is 40.6 Å². The van der Waals surface area contributed by atoms with E-state index in [0.29, 0.717) is 22.0 Å². The van der Waals surface area contributed by atoms with Gasteiger partial charge in [-0.2, -0.15) is 0 Å². The van der Waals surface area contributed by atoms with Crippen LogP contribution in [0.3, 0.4) is 0 Å². The summed E-state index contributed by atoms with van der Waals surface area (Å²) in [5.41, 5.74) is 4.23. The number of carbonyl (C=O) groups excluding carboxylic acids is 1. The van der Waals surface area contributed by atoms with Gasteiger partial charge in [-0.3, -0.25) is 9.69 Å². The fraction of sp³-hybridized carbons (Fsp3) is 0.333. The molecule has 0 saturated heterocycles. The molecule has 4 aromatic rings. The van der Waals surface area contributed by atoms with E-state index in [-0.39, 0.29) is 5.91 Å². The molecule has 1 aromatic carbocycles. The molecular formula is C24H24N4O2S3. The molecule has 3 heterocycles. The standard InChI is InChI=1S/C24H24N4O2S3/c1-14-5-4-6-19(10-14)28(16(3)29)23-25-18(12-31-23)13-32-24-27-26-22(30-24)21-11-17-9-15(2)7-8-20(17)33-21/h4-6,10-12,15H,7-9,13H2,1-3H3. The number of carbonyl (C=O) groups is 1. The van der Waals surface area contributed by atoms with Gasteiger partial charge >= 0.3 is 0 Å². The molecule has 33 heavy (non-hydrogen) atoms. The lowest BCUT2D eigenvalue weighted by molar-refractivity contribution is -0.115. The monoisotopic (exact) mass is 496 g/mol. The van der Waals surface area contributed by atoms with E-state index in [1.54, 1.807) is 23.2 Å². The Balaban J connectivity index is 1.27. The van der Waals surface area contributed by atoms with Gasteiger partial charge in [0.25, 0.3) is 11.1 Å². The molecule has 0 bridgehead atoms. The number of hydrogen-bond acceptors (Lipinski definition) is 8. The van der Waals surface area contributed by atoms with Gasteiger partial charge in [0.15, 0.2) is 5.13 Å². The van der Waals surface area contributed by atoms with E-state index in [1.165, 1.54) is 40.0 Å². The number of rotatable bonds is 6. The average molecular weight is 497 g/mol. The van der Waals surface area contributed by atoms with Crippen LogP contribution in [0.15, 0.2) is 45.4 Å². The number of fused-ring (bicyclic) bond motifs is 1. The van der Waals surface area contributed by atoms with Crippen LogP contribution in [0.4, 0.5) is 10.8 Å². The second-order valence-electron chi connectivity index (χ2n) is 8.38. The predicted molar refractivity (Wildman–Crippen MR) is 134 cm³/mol. The van der Waals surface area contributed by atoms with E-state index >= 15 is 0 Å². The van der Waals surface area contributed by atoms with Gasteiger partial charge < -0.3 is 4.42 Å². The minimum atomic E-state index is -0.0660. The lowest BCUT2D eigenvalue weighted by Crippen LogP contribution is -2.22. The zero-order valence-corrected chi connectivity index (χ0v) is 21.1. The summed E-state index contributed by atoms with van der Waals surface area (Å²) in [5.74, 6) is 1.85. The molecule has 1 aliphatic carbocycles. The van der Waals surface area contributed by atoms with Crippen LogP contribution in [0, 0.1) is 12.8 Å². The largest absolute Gasteiger partial charge is 0.410 e. The number of aromatic nitrogens is 3. The molecule has 1 aliphatic rings. The van der Waals surface area contributed by atoms with Crippen molar-refractivity contribution < 1.29 is 9.21 Å². The second-order valence-corrected chi connectivity index (χ2v) is 11.3. The van der Waals surface area contributed by atoms with Gasteiger partial charge in [0, 0.05) is 22.9 Å². The van der Waals surface area contributed by atoms with Crippen molar-refractivity contribution >= 4 is 51.2 Å². The number of anilines is 2. The number of hydrogen-bond donors (Lipinski definition) is 0. The van der Waals surface area contributed by atoms with Gasteiger partial charge in [0.1, 0.15) is 0 Å². The predicted octanol–water partition coefficient (Wildman–Crippen LogP) is 6.66. The van der Waals surface area contributed by atoms with Crippen LogP contribution in [0.25, 0.3) is 10.8 Å². The fourth-order valence-electron chi connectivity index (χ4n) is 3.97. The lowest BCUT2D eigenvalue weighted by Gasteiger charge is -2.18. The molecule has 6 nitrogen and oxygen atoms in total. The molecule has 1 amide bonds. The van der Waals surface area contributed by atoms with Crippen molar-refractivity contribution in [2.24, 2.45) is 5.92 Å². The number of amides is 1. The summed E-state index contributed by atoms with van der Waals surface area (Å²) >= 11 is 4.69. The van der Waals surface area contributed by atoms with Crippen molar-refractivity contribution in [1.29, 1.82) is 0 Å². The fourth-order valence-corrected chi connectivity index (χ4v) is 6.75. The number of nitrogens with zero attached hydrogens (tertiary/aromatic N) is 4. The van der Waals surface area contributed by atoms with Crippen molar-refractivity contribution in [3.05, 3.63) is 57.4 Å². The highest BCUT2D eigenvalue weighted by molar-refractivity contribution is 7.98. The first-order valence-electron chi connectivity index (χ1n) is 10.9. The summed E-state index contributed by atoms with van der Waals surface area (Å²) in [6, 6.07) is 10.1. The quantitative estimate of drug-likeness (QED) is 0.278. The molecule has 9 heteroatoms. The van der Waals surface area contributed by atoms with Crippen LogP contribution in [0.5, 0.6) is 0 Å². The van der Waals surface area contributed by atoms with Crippen molar-refractivity contribution in [2.45, 2.75) is 51.0 Å². The van der Waals surface area contributed by atoms with Crippen LogP contribution in [0.1, 0.15) is 42.0 Å². The molecule has 170 valence electrons. The van der Waals surface area contributed by atoms with Gasteiger partial charge in [-0.15, -0.1) is 32.9 Å². The molecule has 0 spiro atoms. The van der Waals surface area contributed by atoms with Crippen molar-refractivity contribution in [3.63, 3.8) is 0 Å². The van der Waals surface area contributed by atoms with Crippen molar-refractivity contribution in [2.75, 3.05) is 4.90 Å². The second kappa shape index (κ2) is 9.40. The van der Waals surface area contributed by atoms with Crippen LogP contribution >= 0.6 is 34.4 Å². The van der Waals surface area contributed by atoms with Crippen molar-refractivity contribution in [1.82, 2.24) is 15.2 Å². The third kappa shape index (κ3) is 4.90. The zero-order chi connectivity index (χ0) is 22.9. The Labute approximate surface area is 205 Å². The normalized spacial score (nSPS) is 15.4. The Morgan fingerprint density at radius 2 is 2.18 bits per heavy atom. The number of thioether (sulfide) groups is 1. The third-order valence-electron chi connectivity index (χ3n) is 5.60. The topological polar surface area (TPSA) is 72.1 Å². The van der Waals surface area contributed by atoms with Crippen molar-refractivity contribution in [3.8, 4) is 10.8 Å². The molecule has 1 unspecified atom stereocenters. The highest BCUT2D eigenvalue weighted by Crippen LogP contribution is 2.38. The maximum absolute atomic E-state index is 12.3. The van der Waals surface area contributed by atoms with E-state index in [4.69, 9.17) is 4.42 Å². The maximum Gasteiger partial charge on any atom is 0.277 e. The summed E-state index contributed by atoms with van der Waals surface area (Å²) < 4.78 is 5.93. The smallest absolute Gasteiger partial charge is 0.277 e. The number of benzene rings is 1. The molecule has 0 fully saturated rings. The molecule has 1 atom stereocenters. The molecule has 3 aromatic heterocycles. The summed E-state index contributed by atoms with van der Waals surface area (Å²) in [6.45, 7) is 5.87. The lowest BCUT2D eigenvalue weighted by atomic mass is 9.90. The Kier molecular flexibility index (Phi) is 6.36. The molecule has 0 aliphatic heterocycles. The summed E-state index contributed by atoms with van der Waals surface area (Å²) in [6.07, 6.45) is 3.52. The third-order valence-corrected chi connectivity index (χ3v) is 8.55. The van der Waals surface area contributed by atoms with Crippen LogP contribution in [-0.2, 0) is 23.4 Å². The Hall–Kier alpha value is -2.49. The highest BCUT2D eigenvalue weighted by atomic mass is 32.2. The van der Waals surface area contributed by atoms with Gasteiger partial charge in [0.2, 0.25) is 5.91 Å². The van der Waals surface area contributed by atoms with Gasteiger partial charge in [-0.25, -0.2) is 4.98 Å². The summed E-state index contributed by atoms with van der Waals surface area (Å²) in [7, 11) is 0. The number of aryl methyl sites for hydroxylation is 2. The Morgan fingerprint density at radius 3 is 3.00 bits per heavy atom. The van der Waals surface area contributed by atoms with Gasteiger partial charge in [-0.1, -0.05) is 30.8 Å². The zero-order valence-electron chi connectivity index (χ0n) is 18.7. The molecule has 0 saturated carbocycles. The Bertz CT molecular complexity index is 1290. The first kappa shape index (κ1) is 22.3. The van der Waals surface area contributed by atoms with E-state index in [2.05, 4.69) is 28.2 Å². The highest BCUT2D eigenvalue weighted by Gasteiger charge is 2.22. The number of thiazole rings is 1. The minimum absolute atomic E-state index is 0.0660. The van der Waals surface area contributed by atoms with E-state index < -0.39 is 0 Å². The molecule has 0 N–H and O–H groups in total. The molecule has 0 radical (unpaired) electrons. The maximum atomic E-state index is 12.3. The van der Waals surface area contributed by atoms with Crippen LogP contribution < -0.4 is 4.90 Å². The van der Waals surface area contributed by atoms with Gasteiger partial charge in [-0.05, 0) is 61.4 Å². The van der Waals surface area contributed by atoms with E-state index in [9.17, 15) is 4.79 Å². The minimum Gasteiger partial charge on any atom is -0.410 e. The van der Waals surface area contributed by atoms with E-state index in [1.807, 2.05) is 36.6 Å². The van der Waals surface area contributed by atoms with Gasteiger partial charge in [0.05, 0.1) is 16.3 Å². The first-order chi connectivity index (χ1) is 16.0. The first-order valence-corrected chi connectivity index (χ1v) is 13.5. The Morgan fingerprint density at radius 1 is 1.30 bits per heavy atom. The summed E-state index contributed by atoms with van der Waals surface area (Å²) in [5, 5.41) is 11.6.